The lowest BCUT2D eigenvalue weighted by atomic mass is 9.97. The number of hydrogen-bond donors (Lipinski definition) is 0. The van der Waals surface area contributed by atoms with Gasteiger partial charge in [-0.2, -0.15) is 0 Å². The van der Waals surface area contributed by atoms with Crippen molar-refractivity contribution in [2.24, 2.45) is 0 Å². The van der Waals surface area contributed by atoms with Crippen LogP contribution < -0.4 is 4.74 Å². The van der Waals surface area contributed by atoms with Crippen molar-refractivity contribution in [3.05, 3.63) is 90.0 Å². The molecular weight excluding hydrogens is 308 g/mol. The lowest BCUT2D eigenvalue weighted by Gasteiger charge is -2.12. The standard InChI is InChI=1S/C23H20O2/c1-24-20-10-6-7-17(13-20)15-25-16-23-21-11-4-2-8-18(21)14-19-9-3-5-12-22(19)23/h2-14H,15-16H2,1H3. The first-order valence-electron chi connectivity index (χ1n) is 8.45. The van der Waals surface area contributed by atoms with Gasteiger partial charge in [0.15, 0.2) is 0 Å². The van der Waals surface area contributed by atoms with Crippen LogP contribution in [-0.4, -0.2) is 7.11 Å². The summed E-state index contributed by atoms with van der Waals surface area (Å²) in [5.74, 6) is 0.858. The molecule has 0 saturated heterocycles. The van der Waals surface area contributed by atoms with Crippen molar-refractivity contribution in [1.29, 1.82) is 0 Å². The Kier molecular flexibility index (Phi) is 4.36. The highest BCUT2D eigenvalue weighted by atomic mass is 16.5. The van der Waals surface area contributed by atoms with Gasteiger partial charge in [0.1, 0.15) is 5.75 Å². The Morgan fingerprint density at radius 1 is 0.680 bits per heavy atom. The smallest absolute Gasteiger partial charge is 0.119 e. The fraction of sp³-hybridized carbons (Fsp3) is 0.130. The van der Waals surface area contributed by atoms with Crippen molar-refractivity contribution in [1.82, 2.24) is 0 Å². The van der Waals surface area contributed by atoms with E-state index in [4.69, 9.17) is 9.47 Å². The molecule has 0 bridgehead atoms. The quantitative estimate of drug-likeness (QED) is 0.436. The maximum absolute atomic E-state index is 6.07. The van der Waals surface area contributed by atoms with E-state index in [1.54, 1.807) is 7.11 Å². The monoisotopic (exact) mass is 328 g/mol. The van der Waals surface area contributed by atoms with E-state index in [0.717, 1.165) is 11.3 Å². The van der Waals surface area contributed by atoms with Crippen LogP contribution in [0, 0.1) is 0 Å². The molecule has 0 saturated carbocycles. The van der Waals surface area contributed by atoms with Gasteiger partial charge in [0.05, 0.1) is 20.3 Å². The Balaban J connectivity index is 1.65. The Morgan fingerprint density at radius 3 is 2.04 bits per heavy atom. The maximum Gasteiger partial charge on any atom is 0.119 e. The minimum atomic E-state index is 0.564. The molecule has 0 aromatic heterocycles. The predicted molar refractivity (Wildman–Crippen MR) is 103 cm³/mol. The molecule has 25 heavy (non-hydrogen) atoms. The lowest BCUT2D eigenvalue weighted by molar-refractivity contribution is 0.108. The number of benzene rings is 4. The second-order valence-electron chi connectivity index (χ2n) is 6.14. The topological polar surface area (TPSA) is 18.5 Å². The molecule has 0 aliphatic rings. The van der Waals surface area contributed by atoms with Gasteiger partial charge in [-0.3, -0.25) is 0 Å². The van der Waals surface area contributed by atoms with E-state index >= 15 is 0 Å². The zero-order valence-electron chi connectivity index (χ0n) is 14.2. The van der Waals surface area contributed by atoms with Crippen molar-refractivity contribution in [2.75, 3.05) is 7.11 Å². The maximum atomic E-state index is 6.07. The number of methoxy groups -OCH3 is 1. The van der Waals surface area contributed by atoms with E-state index in [0.29, 0.717) is 13.2 Å². The molecule has 2 heteroatoms. The first-order chi connectivity index (χ1) is 12.3. The number of rotatable bonds is 5. The molecule has 0 atom stereocenters. The van der Waals surface area contributed by atoms with Gasteiger partial charge < -0.3 is 9.47 Å². The van der Waals surface area contributed by atoms with E-state index in [2.05, 4.69) is 60.7 Å². The van der Waals surface area contributed by atoms with Crippen LogP contribution >= 0.6 is 0 Å². The van der Waals surface area contributed by atoms with Crippen LogP contribution in [0.25, 0.3) is 21.5 Å². The summed E-state index contributed by atoms with van der Waals surface area (Å²) in [6.07, 6.45) is 0. The van der Waals surface area contributed by atoms with Crippen molar-refractivity contribution in [3.63, 3.8) is 0 Å². The molecule has 2 nitrogen and oxygen atoms in total. The Hall–Kier alpha value is -2.84. The average Bonchev–Trinajstić information content (AvgIpc) is 2.67. The van der Waals surface area contributed by atoms with Gasteiger partial charge in [-0.15, -0.1) is 0 Å². The second kappa shape index (κ2) is 6.96. The minimum Gasteiger partial charge on any atom is -0.497 e. The molecule has 0 amide bonds. The highest BCUT2D eigenvalue weighted by Gasteiger charge is 2.07. The molecule has 124 valence electrons. The summed E-state index contributed by atoms with van der Waals surface area (Å²) >= 11 is 0. The molecule has 0 spiro atoms. The predicted octanol–water partition coefficient (Wildman–Crippen LogP) is 5.72. The van der Waals surface area contributed by atoms with Crippen molar-refractivity contribution >= 4 is 21.5 Å². The summed E-state index contributed by atoms with van der Waals surface area (Å²) in [5.41, 5.74) is 2.36. The molecule has 0 unspecified atom stereocenters. The SMILES string of the molecule is COc1cccc(COCc2c3ccccc3cc3ccccc23)c1. The van der Waals surface area contributed by atoms with E-state index in [1.165, 1.54) is 27.1 Å². The van der Waals surface area contributed by atoms with Gasteiger partial charge in [-0.1, -0.05) is 60.7 Å². The zero-order chi connectivity index (χ0) is 17.1. The molecule has 4 aromatic rings. The highest BCUT2D eigenvalue weighted by Crippen LogP contribution is 2.29. The van der Waals surface area contributed by atoms with Crippen LogP contribution in [0.1, 0.15) is 11.1 Å². The lowest BCUT2D eigenvalue weighted by Crippen LogP contribution is -1.97. The zero-order valence-corrected chi connectivity index (χ0v) is 14.2. The molecule has 0 fully saturated rings. The molecule has 4 aromatic carbocycles. The number of ether oxygens (including phenoxy) is 2. The van der Waals surface area contributed by atoms with E-state index in [9.17, 15) is 0 Å². The Labute approximate surface area is 147 Å². The fourth-order valence-electron chi connectivity index (χ4n) is 3.30. The molecule has 0 radical (unpaired) electrons. The molecule has 0 aliphatic carbocycles. The van der Waals surface area contributed by atoms with E-state index in [-0.39, 0.29) is 0 Å². The third-order valence-corrected chi connectivity index (χ3v) is 4.53. The summed E-state index contributed by atoms with van der Waals surface area (Å²) in [6.45, 7) is 1.15. The van der Waals surface area contributed by atoms with Gasteiger partial charge in [0.25, 0.3) is 0 Å². The summed E-state index contributed by atoms with van der Waals surface area (Å²) < 4.78 is 11.3. The van der Waals surface area contributed by atoms with Crippen LogP contribution in [0.15, 0.2) is 78.9 Å². The van der Waals surface area contributed by atoms with E-state index < -0.39 is 0 Å². The van der Waals surface area contributed by atoms with Gasteiger partial charge >= 0.3 is 0 Å². The Morgan fingerprint density at radius 2 is 1.36 bits per heavy atom. The first-order valence-corrected chi connectivity index (χ1v) is 8.45. The normalized spacial score (nSPS) is 11.1. The average molecular weight is 328 g/mol. The van der Waals surface area contributed by atoms with Crippen LogP contribution in [0.3, 0.4) is 0 Å². The number of fused-ring (bicyclic) bond motifs is 2. The minimum absolute atomic E-state index is 0.564. The second-order valence-corrected chi connectivity index (χ2v) is 6.14. The van der Waals surface area contributed by atoms with Crippen LogP contribution in [0.5, 0.6) is 5.75 Å². The largest absolute Gasteiger partial charge is 0.497 e. The van der Waals surface area contributed by atoms with E-state index in [1.807, 2.05) is 18.2 Å². The fourth-order valence-corrected chi connectivity index (χ4v) is 3.30. The molecular formula is C23H20O2. The third kappa shape index (κ3) is 3.21. The summed E-state index contributed by atoms with van der Waals surface area (Å²) in [7, 11) is 1.68. The molecule has 0 heterocycles. The van der Waals surface area contributed by atoms with Gasteiger partial charge in [0, 0.05) is 0 Å². The molecule has 4 rings (SSSR count). The Bertz CT molecular complexity index is 967. The molecule has 0 N–H and O–H groups in total. The number of hydrogen-bond acceptors (Lipinski definition) is 2. The van der Waals surface area contributed by atoms with Crippen LogP contribution in [0.4, 0.5) is 0 Å². The van der Waals surface area contributed by atoms with Crippen molar-refractivity contribution in [3.8, 4) is 5.75 Å². The molecule has 0 aliphatic heterocycles. The summed E-state index contributed by atoms with van der Waals surface area (Å²) in [4.78, 5) is 0. The summed E-state index contributed by atoms with van der Waals surface area (Å²) in [6, 6.07) is 27.3. The first kappa shape index (κ1) is 15.7. The summed E-state index contributed by atoms with van der Waals surface area (Å²) in [5, 5.41) is 5.01. The van der Waals surface area contributed by atoms with Gasteiger partial charge in [-0.05, 0) is 50.9 Å². The van der Waals surface area contributed by atoms with Gasteiger partial charge in [-0.25, -0.2) is 0 Å². The van der Waals surface area contributed by atoms with Crippen molar-refractivity contribution < 1.29 is 9.47 Å². The van der Waals surface area contributed by atoms with Crippen LogP contribution in [-0.2, 0) is 18.0 Å². The van der Waals surface area contributed by atoms with Crippen LogP contribution in [0.2, 0.25) is 0 Å². The van der Waals surface area contributed by atoms with Crippen molar-refractivity contribution in [2.45, 2.75) is 13.2 Å². The van der Waals surface area contributed by atoms with Gasteiger partial charge in [0.2, 0.25) is 0 Å². The highest BCUT2D eigenvalue weighted by molar-refractivity contribution is 6.02. The third-order valence-electron chi connectivity index (χ3n) is 4.53.